The van der Waals surface area contributed by atoms with Crippen LogP contribution in [0.2, 0.25) is 10.3 Å². The Kier molecular flexibility index (Phi) is 4.16. The summed E-state index contributed by atoms with van der Waals surface area (Å²) in [5.41, 5.74) is 0.374. The highest BCUT2D eigenvalue weighted by atomic mass is 35.5. The molecule has 2 aromatic heterocycles. The van der Waals surface area contributed by atoms with Crippen LogP contribution >= 0.6 is 23.2 Å². The van der Waals surface area contributed by atoms with Crippen molar-refractivity contribution in [1.29, 1.82) is 0 Å². The standard InChI is InChI=1S/C12H7Cl2N3O3/c13-9-4-2-7(10(14)17-9)11(18)16-6-1-3-8(12(19)20)15-5-6/h1-5H,(H,16,18)(H,19,20). The fourth-order valence-corrected chi connectivity index (χ4v) is 1.80. The molecule has 0 radical (unpaired) electrons. The largest absolute Gasteiger partial charge is 0.477 e. The molecule has 2 rings (SSSR count). The predicted molar refractivity (Wildman–Crippen MR) is 73.4 cm³/mol. The molecule has 8 heteroatoms. The van der Waals surface area contributed by atoms with E-state index in [1.165, 1.54) is 30.5 Å². The van der Waals surface area contributed by atoms with Crippen LogP contribution in [0, 0.1) is 0 Å². The van der Waals surface area contributed by atoms with Crippen molar-refractivity contribution in [2.24, 2.45) is 0 Å². The van der Waals surface area contributed by atoms with Crippen LogP contribution in [0.1, 0.15) is 20.8 Å². The highest BCUT2D eigenvalue weighted by Crippen LogP contribution is 2.18. The summed E-state index contributed by atoms with van der Waals surface area (Å²) < 4.78 is 0. The van der Waals surface area contributed by atoms with Crippen LogP contribution < -0.4 is 5.32 Å². The first kappa shape index (κ1) is 14.2. The van der Waals surface area contributed by atoms with Crippen LogP contribution in [0.25, 0.3) is 0 Å². The molecule has 0 fully saturated rings. The monoisotopic (exact) mass is 311 g/mol. The first-order valence-electron chi connectivity index (χ1n) is 5.30. The Balaban J connectivity index is 2.17. The van der Waals surface area contributed by atoms with Crippen molar-refractivity contribution in [3.63, 3.8) is 0 Å². The van der Waals surface area contributed by atoms with Gasteiger partial charge in [0.2, 0.25) is 0 Å². The number of anilines is 1. The molecule has 6 nitrogen and oxygen atoms in total. The zero-order valence-corrected chi connectivity index (χ0v) is 11.3. The lowest BCUT2D eigenvalue weighted by atomic mass is 10.2. The van der Waals surface area contributed by atoms with Gasteiger partial charge in [0.1, 0.15) is 16.0 Å². The maximum Gasteiger partial charge on any atom is 0.354 e. The number of hydrogen-bond acceptors (Lipinski definition) is 4. The first-order chi connectivity index (χ1) is 9.47. The van der Waals surface area contributed by atoms with Crippen molar-refractivity contribution in [2.75, 3.05) is 5.32 Å². The number of nitrogens with one attached hydrogen (secondary N) is 1. The zero-order chi connectivity index (χ0) is 14.7. The number of aromatic nitrogens is 2. The van der Waals surface area contributed by atoms with Crippen molar-refractivity contribution >= 4 is 40.8 Å². The fourth-order valence-electron chi connectivity index (χ4n) is 1.37. The van der Waals surface area contributed by atoms with E-state index in [-0.39, 0.29) is 21.6 Å². The van der Waals surface area contributed by atoms with Crippen LogP contribution in [0.15, 0.2) is 30.5 Å². The van der Waals surface area contributed by atoms with Gasteiger partial charge in [-0.1, -0.05) is 23.2 Å². The fraction of sp³-hybridized carbons (Fsp3) is 0. The van der Waals surface area contributed by atoms with Crippen LogP contribution in [0.5, 0.6) is 0 Å². The van der Waals surface area contributed by atoms with Crippen molar-refractivity contribution in [3.05, 3.63) is 52.0 Å². The molecular weight excluding hydrogens is 305 g/mol. The summed E-state index contributed by atoms with van der Waals surface area (Å²) in [6, 6.07) is 5.57. The number of halogens is 2. The second-order valence-electron chi connectivity index (χ2n) is 3.66. The summed E-state index contributed by atoms with van der Waals surface area (Å²) in [6.45, 7) is 0. The molecule has 0 aliphatic rings. The van der Waals surface area contributed by atoms with Crippen molar-refractivity contribution in [3.8, 4) is 0 Å². The van der Waals surface area contributed by atoms with Crippen molar-refractivity contribution in [1.82, 2.24) is 9.97 Å². The van der Waals surface area contributed by atoms with Gasteiger partial charge < -0.3 is 10.4 Å². The Morgan fingerprint density at radius 2 is 1.90 bits per heavy atom. The smallest absolute Gasteiger partial charge is 0.354 e. The summed E-state index contributed by atoms with van der Waals surface area (Å²) >= 11 is 11.4. The van der Waals surface area contributed by atoms with Gasteiger partial charge in [0.05, 0.1) is 17.4 Å². The second-order valence-corrected chi connectivity index (χ2v) is 4.41. The second kappa shape index (κ2) is 5.85. The molecule has 0 saturated heterocycles. The summed E-state index contributed by atoms with van der Waals surface area (Å²) in [5.74, 6) is -1.64. The van der Waals surface area contributed by atoms with Gasteiger partial charge in [-0.15, -0.1) is 0 Å². The molecule has 0 aliphatic carbocycles. The molecule has 2 heterocycles. The highest BCUT2D eigenvalue weighted by Gasteiger charge is 2.13. The molecule has 102 valence electrons. The molecule has 2 N–H and O–H groups in total. The number of pyridine rings is 2. The lowest BCUT2D eigenvalue weighted by Gasteiger charge is -2.06. The predicted octanol–water partition coefficient (Wildman–Crippen LogP) is 2.73. The third-order valence-electron chi connectivity index (χ3n) is 2.30. The maximum absolute atomic E-state index is 11.9. The van der Waals surface area contributed by atoms with Gasteiger partial charge in [0.25, 0.3) is 5.91 Å². The van der Waals surface area contributed by atoms with Gasteiger partial charge in [-0.25, -0.2) is 14.8 Å². The number of carbonyl (C=O) groups is 2. The van der Waals surface area contributed by atoms with E-state index in [2.05, 4.69) is 15.3 Å². The molecule has 0 aliphatic heterocycles. The summed E-state index contributed by atoms with van der Waals surface area (Å²) in [6.07, 6.45) is 1.23. The first-order valence-corrected chi connectivity index (χ1v) is 6.05. The van der Waals surface area contributed by atoms with E-state index in [0.717, 1.165) is 0 Å². The third-order valence-corrected chi connectivity index (χ3v) is 2.80. The number of aromatic carboxylic acids is 1. The van der Waals surface area contributed by atoms with E-state index in [9.17, 15) is 9.59 Å². The average molecular weight is 312 g/mol. The van der Waals surface area contributed by atoms with Gasteiger partial charge >= 0.3 is 5.97 Å². The Bertz CT molecular complexity index is 674. The molecule has 2 aromatic rings. The number of carboxylic acid groups (broad SMARTS) is 1. The molecule has 0 atom stereocenters. The number of carboxylic acids is 1. The molecule has 1 amide bonds. The third kappa shape index (κ3) is 3.23. The van der Waals surface area contributed by atoms with Gasteiger partial charge in [-0.3, -0.25) is 4.79 Å². The lowest BCUT2D eigenvalue weighted by Crippen LogP contribution is -2.13. The van der Waals surface area contributed by atoms with E-state index in [4.69, 9.17) is 28.3 Å². The number of rotatable bonds is 3. The normalized spacial score (nSPS) is 10.1. The van der Waals surface area contributed by atoms with Gasteiger partial charge in [-0.05, 0) is 24.3 Å². The Morgan fingerprint density at radius 3 is 2.45 bits per heavy atom. The van der Waals surface area contributed by atoms with Crippen LogP contribution in [-0.2, 0) is 0 Å². The van der Waals surface area contributed by atoms with Gasteiger partial charge in [0.15, 0.2) is 0 Å². The molecular formula is C12H7Cl2N3O3. The quantitative estimate of drug-likeness (QED) is 0.850. The number of hydrogen-bond donors (Lipinski definition) is 2. The molecule has 0 spiro atoms. The van der Waals surface area contributed by atoms with Crippen LogP contribution in [0.3, 0.4) is 0 Å². The zero-order valence-electron chi connectivity index (χ0n) is 9.80. The number of amides is 1. The van der Waals surface area contributed by atoms with E-state index in [1.807, 2.05) is 0 Å². The maximum atomic E-state index is 11.9. The van der Waals surface area contributed by atoms with E-state index >= 15 is 0 Å². The summed E-state index contributed by atoms with van der Waals surface area (Å²) in [4.78, 5) is 30.0. The van der Waals surface area contributed by atoms with Crippen molar-refractivity contribution < 1.29 is 14.7 Å². The van der Waals surface area contributed by atoms with E-state index in [0.29, 0.717) is 5.69 Å². The van der Waals surface area contributed by atoms with Crippen molar-refractivity contribution in [2.45, 2.75) is 0 Å². The summed E-state index contributed by atoms with van der Waals surface area (Å²) in [5, 5.41) is 11.4. The Hall–Kier alpha value is -2.18. The molecule has 0 bridgehead atoms. The van der Waals surface area contributed by atoms with Crippen LogP contribution in [0.4, 0.5) is 5.69 Å². The number of carbonyl (C=O) groups excluding carboxylic acids is 1. The van der Waals surface area contributed by atoms with Gasteiger partial charge in [0, 0.05) is 0 Å². The van der Waals surface area contributed by atoms with E-state index < -0.39 is 11.9 Å². The minimum Gasteiger partial charge on any atom is -0.477 e. The summed E-state index contributed by atoms with van der Waals surface area (Å²) in [7, 11) is 0. The molecule has 0 aromatic carbocycles. The van der Waals surface area contributed by atoms with Crippen LogP contribution in [-0.4, -0.2) is 27.0 Å². The Labute approximate surface area is 123 Å². The minimum absolute atomic E-state index is 0.0230. The average Bonchev–Trinajstić information content (AvgIpc) is 2.39. The highest BCUT2D eigenvalue weighted by molar-refractivity contribution is 6.35. The van der Waals surface area contributed by atoms with E-state index in [1.54, 1.807) is 0 Å². The van der Waals surface area contributed by atoms with Gasteiger partial charge in [-0.2, -0.15) is 0 Å². The Morgan fingerprint density at radius 1 is 1.15 bits per heavy atom. The molecule has 0 saturated carbocycles. The number of nitrogens with zero attached hydrogens (tertiary/aromatic N) is 2. The lowest BCUT2D eigenvalue weighted by molar-refractivity contribution is 0.0690. The topological polar surface area (TPSA) is 92.2 Å². The SMILES string of the molecule is O=C(O)c1ccc(NC(=O)c2ccc(Cl)nc2Cl)cn1. The molecule has 20 heavy (non-hydrogen) atoms. The minimum atomic E-state index is -1.15. The molecule has 0 unspecified atom stereocenters.